The summed E-state index contributed by atoms with van der Waals surface area (Å²) in [6, 6.07) is 6.90. The van der Waals surface area contributed by atoms with Gasteiger partial charge in [-0.25, -0.2) is 9.73 Å². The molecule has 1 aromatic carbocycles. The second kappa shape index (κ2) is 4.73. The number of hydrogen-bond acceptors (Lipinski definition) is 6. The average Bonchev–Trinajstić information content (AvgIpc) is 3.01. The van der Waals surface area contributed by atoms with Crippen LogP contribution in [-0.2, 0) is 14.5 Å². The van der Waals surface area contributed by atoms with Crippen molar-refractivity contribution in [2.75, 3.05) is 0 Å². The molecule has 8 nitrogen and oxygen atoms in total. The van der Waals surface area contributed by atoms with Gasteiger partial charge in [0.15, 0.2) is 12.2 Å². The first-order valence-corrected chi connectivity index (χ1v) is 6.73. The van der Waals surface area contributed by atoms with E-state index in [4.69, 9.17) is 10.0 Å². The van der Waals surface area contributed by atoms with Crippen LogP contribution in [0.2, 0.25) is 0 Å². The minimum atomic E-state index is -1.01. The fraction of sp³-hybridized carbons (Fsp3) is 0.214. The second-order valence-corrected chi connectivity index (χ2v) is 5.12. The Morgan fingerprint density at radius 2 is 2.18 bits per heavy atom. The Morgan fingerprint density at radius 3 is 2.95 bits per heavy atom. The Hall–Kier alpha value is -2.55. The molecule has 2 N–H and O–H groups in total. The third-order valence-corrected chi connectivity index (χ3v) is 3.87. The highest BCUT2D eigenvalue weighted by atomic mass is 16.9. The molecule has 112 valence electrons. The molecule has 3 aliphatic rings. The normalized spacial score (nSPS) is 35.1. The molecule has 22 heavy (non-hydrogen) atoms. The molecule has 5 atom stereocenters. The van der Waals surface area contributed by atoms with Crippen LogP contribution >= 0.6 is 0 Å². The number of nitrogens with one attached hydrogen (secondary N) is 1. The van der Waals surface area contributed by atoms with Gasteiger partial charge in [0.05, 0.1) is 6.34 Å². The maximum Gasteiger partial charge on any atom is 0.328 e. The minimum absolute atomic E-state index is 0.163. The van der Waals surface area contributed by atoms with Gasteiger partial charge in [-0.15, -0.1) is 10.1 Å². The first kappa shape index (κ1) is 13.1. The number of carbonyl (C=O) groups excluding carboxylic acids is 1. The Bertz CT molecular complexity index is 717. The lowest BCUT2D eigenvalue weighted by atomic mass is 10.0. The van der Waals surface area contributed by atoms with Crippen molar-refractivity contribution in [3.05, 3.63) is 41.5 Å². The molecule has 1 aromatic rings. The van der Waals surface area contributed by atoms with E-state index in [1.807, 2.05) is 24.3 Å². The second-order valence-electron chi connectivity index (χ2n) is 5.12. The summed E-state index contributed by atoms with van der Waals surface area (Å²) in [5.74, 6) is -1.18. The number of benzene rings is 1. The third-order valence-electron chi connectivity index (χ3n) is 3.87. The van der Waals surface area contributed by atoms with Crippen LogP contribution in [0.3, 0.4) is 0 Å². The van der Waals surface area contributed by atoms with Gasteiger partial charge in [-0.3, -0.25) is 9.79 Å². The largest absolute Gasteiger partial charge is 0.478 e. The average molecular weight is 300 g/mol. The van der Waals surface area contributed by atoms with Crippen molar-refractivity contribution in [3.8, 4) is 0 Å². The number of nitrogens with zero attached hydrogens (tertiary/aromatic N) is 3. The van der Waals surface area contributed by atoms with Crippen molar-refractivity contribution in [3.63, 3.8) is 0 Å². The molecule has 0 aliphatic carbocycles. The lowest BCUT2D eigenvalue weighted by Crippen LogP contribution is -2.49. The highest BCUT2D eigenvalue weighted by molar-refractivity contribution is 5.94. The van der Waals surface area contributed by atoms with Crippen molar-refractivity contribution in [1.82, 2.24) is 15.4 Å². The molecular formula is C14H12N4O4. The van der Waals surface area contributed by atoms with E-state index in [0.29, 0.717) is 0 Å². The first-order chi connectivity index (χ1) is 10.7. The molecule has 1 amide bonds. The van der Waals surface area contributed by atoms with Gasteiger partial charge in [0.25, 0.3) is 0 Å². The monoisotopic (exact) mass is 300 g/mol. The summed E-state index contributed by atoms with van der Waals surface area (Å²) in [6.45, 7) is 0. The molecule has 3 heterocycles. The highest BCUT2D eigenvalue weighted by Gasteiger charge is 2.63. The number of fused-ring (bicyclic) bond motifs is 5. The van der Waals surface area contributed by atoms with Crippen LogP contribution in [0, 0.1) is 0 Å². The van der Waals surface area contributed by atoms with Crippen molar-refractivity contribution < 1.29 is 19.6 Å². The fourth-order valence-corrected chi connectivity index (χ4v) is 2.93. The smallest absolute Gasteiger partial charge is 0.328 e. The summed E-state index contributed by atoms with van der Waals surface area (Å²) < 4.78 is 0. The number of hydrogen-bond donors (Lipinski definition) is 2. The number of carboxylic acids is 1. The van der Waals surface area contributed by atoms with Crippen LogP contribution in [0.1, 0.15) is 17.3 Å². The minimum Gasteiger partial charge on any atom is -0.478 e. The number of carbonyl (C=O) groups is 2. The summed E-state index contributed by atoms with van der Waals surface area (Å²) in [6.07, 6.45) is 3.36. The van der Waals surface area contributed by atoms with Crippen LogP contribution in [-0.4, -0.2) is 45.7 Å². The quantitative estimate of drug-likeness (QED) is 0.770. The predicted octanol–water partition coefficient (Wildman–Crippen LogP) is 0.114. The van der Waals surface area contributed by atoms with Gasteiger partial charge in [-0.2, -0.15) is 0 Å². The van der Waals surface area contributed by atoms with Gasteiger partial charge < -0.3 is 10.4 Å². The molecule has 3 aliphatic heterocycles. The summed E-state index contributed by atoms with van der Waals surface area (Å²) in [5.41, 5.74) is 1.62. The molecule has 2 bridgehead atoms. The van der Waals surface area contributed by atoms with E-state index >= 15 is 0 Å². The zero-order valence-electron chi connectivity index (χ0n) is 11.3. The molecule has 4 rings (SSSR count). The fourth-order valence-electron chi connectivity index (χ4n) is 2.93. The summed E-state index contributed by atoms with van der Waals surface area (Å²) in [5, 5.41) is 14.6. The predicted molar refractivity (Wildman–Crippen MR) is 74.8 cm³/mol. The number of rotatable bonds is 3. The molecule has 0 aromatic heterocycles. The lowest BCUT2D eigenvalue weighted by Gasteiger charge is -2.40. The van der Waals surface area contributed by atoms with E-state index in [-0.39, 0.29) is 18.2 Å². The van der Waals surface area contributed by atoms with E-state index in [1.54, 1.807) is 10.1 Å². The zero-order chi connectivity index (χ0) is 15.3. The highest BCUT2D eigenvalue weighted by Crippen LogP contribution is 2.49. The third kappa shape index (κ3) is 1.78. The van der Waals surface area contributed by atoms with Crippen LogP contribution in [0.25, 0.3) is 6.08 Å². The number of amides is 1. The van der Waals surface area contributed by atoms with E-state index in [9.17, 15) is 9.59 Å². The van der Waals surface area contributed by atoms with E-state index < -0.39 is 12.0 Å². The van der Waals surface area contributed by atoms with Crippen LogP contribution in [0.4, 0.5) is 0 Å². The summed E-state index contributed by atoms with van der Waals surface area (Å²) >= 11 is 0. The Balaban J connectivity index is 1.69. The summed E-state index contributed by atoms with van der Waals surface area (Å²) in [7, 11) is 0. The van der Waals surface area contributed by atoms with Gasteiger partial charge >= 0.3 is 5.97 Å². The first-order valence-electron chi connectivity index (χ1n) is 6.73. The van der Waals surface area contributed by atoms with Crippen LogP contribution in [0.5, 0.6) is 0 Å². The van der Waals surface area contributed by atoms with Crippen molar-refractivity contribution in [1.29, 1.82) is 0 Å². The SMILES string of the molecule is O=C(O)/C=C/c1ccccc1C1N2ON1C1C(=O)NC=NC12. The van der Waals surface area contributed by atoms with Crippen LogP contribution < -0.4 is 5.32 Å². The van der Waals surface area contributed by atoms with Crippen molar-refractivity contribution in [2.45, 2.75) is 18.4 Å². The molecule has 0 saturated carbocycles. The van der Waals surface area contributed by atoms with Crippen molar-refractivity contribution >= 4 is 24.3 Å². The van der Waals surface area contributed by atoms with Gasteiger partial charge in [0.1, 0.15) is 6.17 Å². The number of aliphatic carboxylic acids is 1. The Kier molecular flexibility index (Phi) is 2.83. The van der Waals surface area contributed by atoms with Gasteiger partial charge in [-0.05, 0) is 17.2 Å². The lowest BCUT2D eigenvalue weighted by molar-refractivity contribution is -0.448. The van der Waals surface area contributed by atoms with E-state index in [1.165, 1.54) is 12.4 Å². The molecule has 0 radical (unpaired) electrons. The molecule has 2 fully saturated rings. The topological polar surface area (TPSA) is 94.5 Å². The number of aliphatic imine (C=N–C) groups is 1. The molecular weight excluding hydrogens is 288 g/mol. The molecule has 8 heteroatoms. The maximum absolute atomic E-state index is 11.9. The van der Waals surface area contributed by atoms with Crippen molar-refractivity contribution in [2.24, 2.45) is 4.99 Å². The Morgan fingerprint density at radius 1 is 1.36 bits per heavy atom. The summed E-state index contributed by atoms with van der Waals surface area (Å²) in [4.78, 5) is 32.4. The molecule has 2 saturated heterocycles. The number of hydroxylamine groups is 4. The Labute approximate surface area is 125 Å². The molecule has 5 unspecified atom stereocenters. The van der Waals surface area contributed by atoms with Crippen LogP contribution in [0.15, 0.2) is 35.3 Å². The standard InChI is InChI=1S/C14H12N4O4/c19-10(20)6-5-8-3-1-2-4-9(8)14-17-11-12(18(14)22-17)15-7-16-13(11)21/h1-7,11-12,14H,(H,19,20)(H,15,16,21)/b6-5+. The van der Waals surface area contributed by atoms with E-state index in [2.05, 4.69) is 10.3 Å². The maximum atomic E-state index is 11.9. The van der Waals surface area contributed by atoms with Gasteiger partial charge in [-0.1, -0.05) is 24.3 Å². The zero-order valence-corrected chi connectivity index (χ0v) is 11.3. The van der Waals surface area contributed by atoms with E-state index in [0.717, 1.165) is 17.2 Å². The van der Waals surface area contributed by atoms with Gasteiger partial charge in [0, 0.05) is 6.08 Å². The van der Waals surface area contributed by atoms with Gasteiger partial charge in [0.2, 0.25) is 5.91 Å². The number of carboxylic acid groups (broad SMARTS) is 1. The molecule has 0 spiro atoms.